The zero-order valence-corrected chi connectivity index (χ0v) is 14.8. The molecule has 0 amide bonds. The number of nitrogens with one attached hydrogen (secondary N) is 1. The Hall–Kier alpha value is -2.61. The Labute approximate surface area is 149 Å². The fourth-order valence-electron chi connectivity index (χ4n) is 2.54. The van der Waals surface area contributed by atoms with Crippen LogP contribution in [-0.2, 0) is 6.54 Å². The van der Waals surface area contributed by atoms with E-state index in [1.54, 1.807) is 0 Å². The van der Waals surface area contributed by atoms with Crippen LogP contribution in [0.3, 0.4) is 0 Å². The molecule has 0 fully saturated rings. The Morgan fingerprint density at radius 1 is 1.44 bits per heavy atom. The van der Waals surface area contributed by atoms with Crippen LogP contribution in [0.4, 0.5) is 0 Å². The van der Waals surface area contributed by atoms with Crippen molar-refractivity contribution in [2.75, 3.05) is 6.79 Å². The number of ether oxygens (including phenoxy) is 2. The normalized spacial score (nSPS) is 14.2. The first-order valence-corrected chi connectivity index (χ1v) is 8.38. The van der Waals surface area contributed by atoms with Crippen molar-refractivity contribution in [1.82, 2.24) is 9.55 Å². The molecule has 1 aromatic heterocycles. The molecule has 1 aliphatic rings. The van der Waals surface area contributed by atoms with Crippen molar-refractivity contribution in [3.63, 3.8) is 0 Å². The SMILES string of the molecule is CC[C@H](C)n1c(O)c(C=NCc2ccc3c(c2)OCO3)c(=O)[nH]c1=S. The summed E-state index contributed by atoms with van der Waals surface area (Å²) in [5, 5.41) is 10.4. The quantitative estimate of drug-likeness (QED) is 0.631. The number of hydrogen-bond donors (Lipinski definition) is 2. The molecule has 2 aromatic rings. The van der Waals surface area contributed by atoms with Gasteiger partial charge in [-0.15, -0.1) is 0 Å². The lowest BCUT2D eigenvalue weighted by Gasteiger charge is -2.16. The third-order valence-electron chi connectivity index (χ3n) is 4.12. The first-order valence-electron chi connectivity index (χ1n) is 7.97. The zero-order valence-electron chi connectivity index (χ0n) is 14.0. The summed E-state index contributed by atoms with van der Waals surface area (Å²) in [4.78, 5) is 18.9. The van der Waals surface area contributed by atoms with E-state index in [1.807, 2.05) is 32.0 Å². The van der Waals surface area contributed by atoms with Crippen LogP contribution in [0.15, 0.2) is 28.0 Å². The Kier molecular flexibility index (Phi) is 4.89. The molecule has 1 aromatic carbocycles. The summed E-state index contributed by atoms with van der Waals surface area (Å²) in [6, 6.07) is 5.50. The molecule has 0 spiro atoms. The second kappa shape index (κ2) is 7.10. The van der Waals surface area contributed by atoms with Gasteiger partial charge in [0.25, 0.3) is 5.56 Å². The molecule has 132 valence electrons. The molecule has 8 heteroatoms. The smallest absolute Gasteiger partial charge is 0.264 e. The van der Waals surface area contributed by atoms with E-state index in [9.17, 15) is 9.90 Å². The molecule has 0 aliphatic carbocycles. The Morgan fingerprint density at radius 3 is 2.96 bits per heavy atom. The second-order valence-corrected chi connectivity index (χ2v) is 6.17. The molecule has 7 nitrogen and oxygen atoms in total. The van der Waals surface area contributed by atoms with Crippen LogP contribution in [0.5, 0.6) is 17.4 Å². The number of hydrogen-bond acceptors (Lipinski definition) is 6. The van der Waals surface area contributed by atoms with Crippen molar-refractivity contribution in [2.45, 2.75) is 32.9 Å². The van der Waals surface area contributed by atoms with Crippen LogP contribution in [0.2, 0.25) is 0 Å². The maximum atomic E-state index is 12.1. The van der Waals surface area contributed by atoms with Gasteiger partial charge in [-0.25, -0.2) is 0 Å². The number of aliphatic imine (C=N–C) groups is 1. The third-order valence-corrected chi connectivity index (χ3v) is 4.41. The largest absolute Gasteiger partial charge is 0.494 e. The molecule has 25 heavy (non-hydrogen) atoms. The molecular weight excluding hydrogens is 342 g/mol. The molecule has 0 saturated carbocycles. The first-order chi connectivity index (χ1) is 12.0. The number of aromatic hydroxyl groups is 1. The summed E-state index contributed by atoms with van der Waals surface area (Å²) in [5.74, 6) is 1.22. The van der Waals surface area contributed by atoms with Crippen molar-refractivity contribution < 1.29 is 14.6 Å². The number of benzene rings is 1. The number of aromatic nitrogens is 2. The second-order valence-electron chi connectivity index (χ2n) is 5.78. The van der Waals surface area contributed by atoms with Crippen molar-refractivity contribution in [1.29, 1.82) is 0 Å². The Balaban J connectivity index is 1.86. The molecule has 0 radical (unpaired) electrons. The highest BCUT2D eigenvalue weighted by molar-refractivity contribution is 7.71. The van der Waals surface area contributed by atoms with Gasteiger partial charge < -0.3 is 14.6 Å². The van der Waals surface area contributed by atoms with E-state index in [0.717, 1.165) is 12.0 Å². The lowest BCUT2D eigenvalue weighted by molar-refractivity contribution is 0.174. The number of nitrogens with zero attached hydrogens (tertiary/aromatic N) is 2. The summed E-state index contributed by atoms with van der Waals surface area (Å²) in [7, 11) is 0. The van der Waals surface area contributed by atoms with Crippen molar-refractivity contribution in [3.05, 3.63) is 44.5 Å². The fourth-order valence-corrected chi connectivity index (χ4v) is 2.90. The average molecular weight is 361 g/mol. The highest BCUT2D eigenvalue weighted by Gasteiger charge is 2.15. The lowest BCUT2D eigenvalue weighted by atomic mass is 10.2. The maximum Gasteiger partial charge on any atom is 0.264 e. The number of rotatable bonds is 5. The van der Waals surface area contributed by atoms with E-state index in [2.05, 4.69) is 9.98 Å². The standard InChI is InChI=1S/C17H19N3O4S/c1-3-10(2)20-16(22)12(15(21)19-17(20)25)8-18-7-11-4-5-13-14(6-11)24-9-23-13/h4-6,8,10,22H,3,7,9H2,1-2H3,(H,19,21,25)/t10-/m0/s1. The van der Waals surface area contributed by atoms with E-state index in [-0.39, 0.29) is 29.0 Å². The van der Waals surface area contributed by atoms with Crippen LogP contribution in [0, 0.1) is 4.77 Å². The van der Waals surface area contributed by atoms with Gasteiger partial charge in [-0.2, -0.15) is 0 Å². The van der Waals surface area contributed by atoms with Crippen LogP contribution >= 0.6 is 12.2 Å². The summed E-state index contributed by atoms with van der Waals surface area (Å²) in [5.41, 5.74) is 0.539. The predicted octanol–water partition coefficient (Wildman–Crippen LogP) is 2.93. The zero-order chi connectivity index (χ0) is 18.0. The minimum Gasteiger partial charge on any atom is -0.494 e. The van der Waals surface area contributed by atoms with Gasteiger partial charge in [0.05, 0.1) is 6.54 Å². The van der Waals surface area contributed by atoms with Gasteiger partial charge >= 0.3 is 0 Å². The summed E-state index contributed by atoms with van der Waals surface area (Å²) in [6.45, 7) is 4.45. The highest BCUT2D eigenvalue weighted by atomic mass is 32.1. The molecule has 2 heterocycles. The van der Waals surface area contributed by atoms with Gasteiger partial charge in [-0.05, 0) is 43.3 Å². The van der Waals surface area contributed by atoms with E-state index < -0.39 is 5.56 Å². The lowest BCUT2D eigenvalue weighted by Crippen LogP contribution is -2.20. The van der Waals surface area contributed by atoms with Gasteiger partial charge in [0.15, 0.2) is 16.3 Å². The monoisotopic (exact) mass is 361 g/mol. The fraction of sp³-hybridized carbons (Fsp3) is 0.353. The average Bonchev–Trinajstić information content (AvgIpc) is 3.05. The minimum absolute atomic E-state index is 0.0367. The van der Waals surface area contributed by atoms with Crippen LogP contribution in [0.1, 0.15) is 37.4 Å². The highest BCUT2D eigenvalue weighted by Crippen LogP contribution is 2.32. The van der Waals surface area contributed by atoms with Gasteiger partial charge in [0.1, 0.15) is 5.56 Å². The third kappa shape index (κ3) is 3.43. The van der Waals surface area contributed by atoms with Gasteiger partial charge in [-0.3, -0.25) is 19.3 Å². The summed E-state index contributed by atoms with van der Waals surface area (Å²) < 4.78 is 12.3. The molecule has 0 unspecified atom stereocenters. The van der Waals surface area contributed by atoms with E-state index in [0.29, 0.717) is 18.0 Å². The summed E-state index contributed by atoms with van der Waals surface area (Å²) in [6.07, 6.45) is 2.13. The van der Waals surface area contributed by atoms with E-state index in [1.165, 1.54) is 10.8 Å². The van der Waals surface area contributed by atoms with E-state index >= 15 is 0 Å². The molecule has 0 bridgehead atoms. The van der Waals surface area contributed by atoms with Crippen LogP contribution in [0.25, 0.3) is 0 Å². The Bertz CT molecular complexity index is 932. The van der Waals surface area contributed by atoms with Crippen LogP contribution < -0.4 is 15.0 Å². The number of fused-ring (bicyclic) bond motifs is 1. The molecule has 0 saturated heterocycles. The molecular formula is C17H19N3O4S. The van der Waals surface area contributed by atoms with E-state index in [4.69, 9.17) is 21.7 Å². The first kappa shape index (κ1) is 17.2. The maximum absolute atomic E-state index is 12.1. The van der Waals surface area contributed by atoms with Gasteiger partial charge in [0, 0.05) is 12.3 Å². The van der Waals surface area contributed by atoms with Crippen LogP contribution in [-0.4, -0.2) is 27.7 Å². The van der Waals surface area contributed by atoms with Crippen molar-refractivity contribution in [3.8, 4) is 17.4 Å². The van der Waals surface area contributed by atoms with Gasteiger partial charge in [0.2, 0.25) is 12.7 Å². The van der Waals surface area contributed by atoms with Crippen molar-refractivity contribution in [2.24, 2.45) is 4.99 Å². The number of aromatic amines is 1. The molecule has 1 atom stereocenters. The summed E-state index contributed by atoms with van der Waals surface area (Å²) >= 11 is 5.14. The predicted molar refractivity (Wildman–Crippen MR) is 96.4 cm³/mol. The number of H-pyrrole nitrogens is 1. The molecule has 1 aliphatic heterocycles. The van der Waals surface area contributed by atoms with Gasteiger partial charge in [-0.1, -0.05) is 13.0 Å². The Morgan fingerprint density at radius 2 is 2.20 bits per heavy atom. The topological polar surface area (TPSA) is 88.8 Å². The molecule has 2 N–H and O–H groups in total. The minimum atomic E-state index is -0.462. The molecule has 3 rings (SSSR count). The van der Waals surface area contributed by atoms with Crippen molar-refractivity contribution >= 4 is 18.4 Å².